The van der Waals surface area contributed by atoms with Crippen LogP contribution in [-0.4, -0.2) is 30.2 Å². The molecule has 160 valence electrons. The molecule has 1 fully saturated rings. The van der Waals surface area contributed by atoms with Crippen LogP contribution in [0, 0.1) is 0 Å². The van der Waals surface area contributed by atoms with Crippen molar-refractivity contribution >= 4 is 28.3 Å². The van der Waals surface area contributed by atoms with Crippen LogP contribution in [0.4, 0.5) is 0 Å². The minimum Gasteiger partial charge on any atom is -0.454 e. The van der Waals surface area contributed by atoms with E-state index in [4.69, 9.17) is 21.1 Å². The van der Waals surface area contributed by atoms with Crippen LogP contribution in [0.25, 0.3) is 10.8 Å². The van der Waals surface area contributed by atoms with Gasteiger partial charge in [-0.3, -0.25) is 4.79 Å². The van der Waals surface area contributed by atoms with Crippen molar-refractivity contribution in [3.63, 3.8) is 0 Å². The predicted octanol–water partition coefficient (Wildman–Crippen LogP) is 4.89. The number of amides is 1. The van der Waals surface area contributed by atoms with Crippen LogP contribution in [0.5, 0.6) is 11.5 Å². The second-order valence-corrected chi connectivity index (χ2v) is 8.52. The summed E-state index contributed by atoms with van der Waals surface area (Å²) in [4.78, 5) is 14.6. The Labute approximate surface area is 186 Å². The molecule has 1 N–H and O–H groups in total. The molecule has 1 atom stereocenters. The number of rotatable bonds is 7. The molecule has 0 unspecified atom stereocenters. The first-order chi connectivity index (χ1) is 15.2. The highest BCUT2D eigenvalue weighted by molar-refractivity contribution is 6.31. The molecule has 3 aromatic carbocycles. The summed E-state index contributed by atoms with van der Waals surface area (Å²) in [7, 11) is 0. The van der Waals surface area contributed by atoms with Crippen molar-refractivity contribution in [3.05, 3.63) is 70.7 Å². The molecule has 2 aliphatic rings. The first kappa shape index (κ1) is 20.2. The number of hydrogen-bond acceptors (Lipinski definition) is 4. The monoisotopic (exact) mass is 436 g/mol. The molecule has 0 saturated carbocycles. The van der Waals surface area contributed by atoms with E-state index in [-0.39, 0.29) is 18.7 Å². The Kier molecular flexibility index (Phi) is 5.70. The number of ether oxygens (including phenoxy) is 2. The summed E-state index contributed by atoms with van der Waals surface area (Å²) in [6.07, 6.45) is 2.46. The van der Waals surface area contributed by atoms with Gasteiger partial charge in [-0.1, -0.05) is 54.1 Å². The van der Waals surface area contributed by atoms with E-state index in [1.807, 2.05) is 18.2 Å². The van der Waals surface area contributed by atoms with Gasteiger partial charge in [0.15, 0.2) is 11.5 Å². The third-order valence-corrected chi connectivity index (χ3v) is 6.54. The summed E-state index contributed by atoms with van der Waals surface area (Å²) in [5.41, 5.74) is 2.19. The van der Waals surface area contributed by atoms with Gasteiger partial charge in [-0.2, -0.15) is 0 Å². The maximum atomic E-state index is 12.6. The van der Waals surface area contributed by atoms with E-state index < -0.39 is 0 Å². The normalized spacial score (nSPS) is 17.6. The van der Waals surface area contributed by atoms with Gasteiger partial charge in [0.2, 0.25) is 12.7 Å². The minimum absolute atomic E-state index is 0.241. The number of halogens is 1. The summed E-state index contributed by atoms with van der Waals surface area (Å²) >= 11 is 6.37. The Hall–Kier alpha value is -2.76. The molecule has 0 aromatic heterocycles. The Morgan fingerprint density at radius 1 is 1.03 bits per heavy atom. The summed E-state index contributed by atoms with van der Waals surface area (Å²) < 4.78 is 10.8. The molecule has 0 spiro atoms. The van der Waals surface area contributed by atoms with E-state index >= 15 is 0 Å². The van der Waals surface area contributed by atoms with E-state index in [1.165, 1.54) is 16.3 Å². The van der Waals surface area contributed by atoms with Gasteiger partial charge in [0.25, 0.3) is 0 Å². The zero-order valence-electron chi connectivity index (χ0n) is 17.3. The lowest BCUT2D eigenvalue weighted by atomic mass is 10.0. The standard InChI is InChI=1S/C25H25ClN2O3/c26-22-13-24-23(30-16-31-24)12-19(22)14-27-11-10-20-8-9-25(29)28(20)15-18-6-3-5-17-4-1-2-7-21(17)18/h1-7,12-13,20,27H,8-11,14-16H2/t20-/m1/s1. The topological polar surface area (TPSA) is 50.8 Å². The van der Waals surface area contributed by atoms with Crippen LogP contribution in [0.3, 0.4) is 0 Å². The molecule has 3 aromatic rings. The number of carbonyl (C=O) groups is 1. The maximum Gasteiger partial charge on any atom is 0.231 e. The second kappa shape index (κ2) is 8.77. The second-order valence-electron chi connectivity index (χ2n) is 8.11. The number of carbonyl (C=O) groups excluding carboxylic acids is 1. The maximum absolute atomic E-state index is 12.6. The number of nitrogens with zero attached hydrogens (tertiary/aromatic N) is 1. The first-order valence-electron chi connectivity index (χ1n) is 10.7. The lowest BCUT2D eigenvalue weighted by Gasteiger charge is -2.26. The van der Waals surface area contributed by atoms with Gasteiger partial charge >= 0.3 is 0 Å². The van der Waals surface area contributed by atoms with E-state index in [9.17, 15) is 4.79 Å². The molecular weight excluding hydrogens is 412 g/mol. The van der Waals surface area contributed by atoms with Crippen molar-refractivity contribution in [2.45, 2.75) is 38.4 Å². The first-order valence-corrected chi connectivity index (χ1v) is 11.1. The van der Waals surface area contributed by atoms with Crippen LogP contribution in [0.15, 0.2) is 54.6 Å². The SMILES string of the molecule is O=C1CC[C@H](CCNCc2cc3c(cc2Cl)OCO3)N1Cc1cccc2ccccc12. The van der Waals surface area contributed by atoms with Crippen LogP contribution in [0.1, 0.15) is 30.4 Å². The average Bonchev–Trinajstić information content (AvgIpc) is 3.38. The summed E-state index contributed by atoms with van der Waals surface area (Å²) in [6, 6.07) is 18.7. The molecule has 1 saturated heterocycles. The highest BCUT2D eigenvalue weighted by atomic mass is 35.5. The average molecular weight is 437 g/mol. The van der Waals surface area contributed by atoms with Crippen molar-refractivity contribution in [2.24, 2.45) is 0 Å². The van der Waals surface area contributed by atoms with Gasteiger partial charge in [-0.15, -0.1) is 0 Å². The molecule has 5 rings (SSSR count). The third kappa shape index (κ3) is 4.21. The van der Waals surface area contributed by atoms with Crippen molar-refractivity contribution in [2.75, 3.05) is 13.3 Å². The highest BCUT2D eigenvalue weighted by Crippen LogP contribution is 2.36. The lowest BCUT2D eigenvalue weighted by molar-refractivity contribution is -0.129. The Morgan fingerprint density at radius 3 is 2.74 bits per heavy atom. The van der Waals surface area contributed by atoms with Crippen molar-refractivity contribution < 1.29 is 14.3 Å². The van der Waals surface area contributed by atoms with E-state index in [1.54, 1.807) is 0 Å². The van der Waals surface area contributed by atoms with Crippen molar-refractivity contribution in [1.29, 1.82) is 0 Å². The Bertz CT molecular complexity index is 1110. The van der Waals surface area contributed by atoms with Gasteiger partial charge in [0.05, 0.1) is 0 Å². The number of likely N-dealkylation sites (tertiary alicyclic amines) is 1. The number of nitrogens with one attached hydrogen (secondary N) is 1. The van der Waals surface area contributed by atoms with Gasteiger partial charge in [0.1, 0.15) is 0 Å². The van der Waals surface area contributed by atoms with E-state index in [0.717, 1.165) is 30.7 Å². The molecule has 2 aliphatic heterocycles. The van der Waals surface area contributed by atoms with Crippen LogP contribution in [-0.2, 0) is 17.9 Å². The zero-order valence-corrected chi connectivity index (χ0v) is 18.0. The van der Waals surface area contributed by atoms with E-state index in [0.29, 0.717) is 30.3 Å². The number of benzene rings is 3. The number of hydrogen-bond donors (Lipinski definition) is 1. The molecule has 0 aliphatic carbocycles. The molecule has 0 radical (unpaired) electrons. The Balaban J connectivity index is 1.20. The van der Waals surface area contributed by atoms with Crippen LogP contribution < -0.4 is 14.8 Å². The summed E-state index contributed by atoms with van der Waals surface area (Å²) in [6.45, 7) is 2.37. The molecule has 1 amide bonds. The molecule has 5 nitrogen and oxygen atoms in total. The van der Waals surface area contributed by atoms with Gasteiger partial charge in [0, 0.05) is 36.6 Å². The fraction of sp³-hybridized carbons (Fsp3) is 0.320. The highest BCUT2D eigenvalue weighted by Gasteiger charge is 2.30. The van der Waals surface area contributed by atoms with Crippen molar-refractivity contribution in [1.82, 2.24) is 10.2 Å². The lowest BCUT2D eigenvalue weighted by Crippen LogP contribution is -2.34. The van der Waals surface area contributed by atoms with Gasteiger partial charge in [-0.25, -0.2) is 0 Å². The van der Waals surface area contributed by atoms with Crippen molar-refractivity contribution in [3.8, 4) is 11.5 Å². The Morgan fingerprint density at radius 2 is 1.84 bits per heavy atom. The van der Waals surface area contributed by atoms with Crippen LogP contribution >= 0.6 is 11.6 Å². The van der Waals surface area contributed by atoms with Crippen LogP contribution in [0.2, 0.25) is 5.02 Å². The minimum atomic E-state index is 0.241. The fourth-order valence-electron chi connectivity index (χ4n) is 4.51. The molecule has 2 heterocycles. The fourth-order valence-corrected chi connectivity index (χ4v) is 4.73. The van der Waals surface area contributed by atoms with Gasteiger partial charge in [-0.05, 0) is 47.4 Å². The van der Waals surface area contributed by atoms with Gasteiger partial charge < -0.3 is 19.7 Å². The summed E-state index contributed by atoms with van der Waals surface area (Å²) in [5.74, 6) is 1.68. The molecular formula is C25H25ClN2O3. The molecule has 0 bridgehead atoms. The quantitative estimate of drug-likeness (QED) is 0.535. The predicted molar refractivity (Wildman–Crippen MR) is 121 cm³/mol. The largest absolute Gasteiger partial charge is 0.454 e. The smallest absolute Gasteiger partial charge is 0.231 e. The zero-order chi connectivity index (χ0) is 21.2. The number of fused-ring (bicyclic) bond motifs is 2. The molecule has 31 heavy (non-hydrogen) atoms. The summed E-state index contributed by atoms with van der Waals surface area (Å²) in [5, 5.41) is 6.58. The third-order valence-electron chi connectivity index (χ3n) is 6.18. The molecule has 6 heteroatoms. The van der Waals surface area contributed by atoms with E-state index in [2.05, 4.69) is 46.6 Å².